The largest absolute Gasteiger partial charge is 0.456 e. The van der Waals surface area contributed by atoms with E-state index in [4.69, 9.17) is 4.42 Å². The number of furan rings is 1. The summed E-state index contributed by atoms with van der Waals surface area (Å²) in [5.41, 5.74) is 7.00. The molecule has 0 bridgehead atoms. The summed E-state index contributed by atoms with van der Waals surface area (Å²) in [4.78, 5) is 0. The van der Waals surface area contributed by atoms with E-state index in [1.165, 1.54) is 54.6 Å². The third-order valence-corrected chi connectivity index (χ3v) is 7.85. The zero-order valence-electron chi connectivity index (χ0n) is 21.3. The van der Waals surface area contributed by atoms with Gasteiger partial charge in [0, 0.05) is 10.9 Å². The summed E-state index contributed by atoms with van der Waals surface area (Å²) in [5.74, 6) is 0.896. The first-order valence-corrected chi connectivity index (χ1v) is 13.4. The quantitative estimate of drug-likeness (QED) is 0.222. The maximum atomic E-state index is 6.40. The van der Waals surface area contributed by atoms with Crippen LogP contribution in [0.4, 0.5) is 0 Å². The van der Waals surface area contributed by atoms with Crippen LogP contribution < -0.4 is 0 Å². The van der Waals surface area contributed by atoms with Crippen LogP contribution in [0.1, 0.15) is 0 Å². The van der Waals surface area contributed by atoms with E-state index in [0.29, 0.717) is 0 Å². The van der Waals surface area contributed by atoms with Gasteiger partial charge in [-0.05, 0) is 72.8 Å². The van der Waals surface area contributed by atoms with Crippen LogP contribution in [0, 0.1) is 0 Å². The van der Waals surface area contributed by atoms with Crippen LogP contribution in [0.2, 0.25) is 0 Å². The highest BCUT2D eigenvalue weighted by atomic mass is 16.3. The highest BCUT2D eigenvalue weighted by molar-refractivity contribution is 6.21. The Labute approximate surface area is 226 Å². The van der Waals surface area contributed by atoms with Crippen molar-refractivity contribution in [3.8, 4) is 33.6 Å². The molecule has 0 amide bonds. The molecule has 0 fully saturated rings. The van der Waals surface area contributed by atoms with E-state index in [-0.39, 0.29) is 0 Å². The first-order valence-electron chi connectivity index (χ1n) is 13.4. The van der Waals surface area contributed by atoms with Gasteiger partial charge in [-0.3, -0.25) is 0 Å². The lowest BCUT2D eigenvalue weighted by Gasteiger charge is -2.17. The summed E-state index contributed by atoms with van der Waals surface area (Å²) in [6, 6.07) is 52.0. The molecule has 0 atom stereocenters. The molecule has 1 nitrogen and oxygen atoms in total. The van der Waals surface area contributed by atoms with Crippen molar-refractivity contribution in [1.82, 2.24) is 0 Å². The summed E-state index contributed by atoms with van der Waals surface area (Å²) in [6.45, 7) is 0. The maximum absolute atomic E-state index is 6.40. The Morgan fingerprint density at radius 3 is 1.62 bits per heavy atom. The average Bonchev–Trinajstić information content (AvgIpc) is 3.43. The van der Waals surface area contributed by atoms with Crippen LogP contribution in [0.5, 0.6) is 0 Å². The molecule has 1 heteroatoms. The van der Waals surface area contributed by atoms with Crippen molar-refractivity contribution in [2.45, 2.75) is 0 Å². The number of fused-ring (bicyclic) bond motifs is 4. The Kier molecular flexibility index (Phi) is 4.89. The van der Waals surface area contributed by atoms with Crippen LogP contribution in [0.15, 0.2) is 150 Å². The number of benzene rings is 7. The van der Waals surface area contributed by atoms with E-state index in [2.05, 4.69) is 146 Å². The molecule has 0 radical (unpaired) electrons. The van der Waals surface area contributed by atoms with Crippen molar-refractivity contribution < 1.29 is 4.42 Å². The van der Waals surface area contributed by atoms with Gasteiger partial charge in [0.15, 0.2) is 0 Å². The summed E-state index contributed by atoms with van der Waals surface area (Å²) in [7, 11) is 0. The van der Waals surface area contributed by atoms with Crippen LogP contribution in [-0.4, -0.2) is 0 Å². The summed E-state index contributed by atoms with van der Waals surface area (Å²) < 4.78 is 6.40. The van der Waals surface area contributed by atoms with E-state index in [1.807, 2.05) is 0 Å². The van der Waals surface area contributed by atoms with Gasteiger partial charge in [0.05, 0.1) is 0 Å². The first kappa shape index (κ1) is 21.9. The Morgan fingerprint density at radius 1 is 0.359 bits per heavy atom. The van der Waals surface area contributed by atoms with Gasteiger partial charge in [-0.2, -0.15) is 0 Å². The number of hydrogen-bond acceptors (Lipinski definition) is 1. The molecule has 0 saturated heterocycles. The second-order valence-corrected chi connectivity index (χ2v) is 10.1. The Morgan fingerprint density at radius 2 is 0.923 bits per heavy atom. The molecule has 0 aliphatic rings. The molecule has 8 aromatic rings. The van der Waals surface area contributed by atoms with E-state index < -0.39 is 0 Å². The molecule has 0 aliphatic heterocycles. The highest BCUT2D eigenvalue weighted by Crippen LogP contribution is 2.44. The topological polar surface area (TPSA) is 13.1 Å². The lowest BCUT2D eigenvalue weighted by Crippen LogP contribution is -1.90. The Hall–Kier alpha value is -5.14. The minimum atomic E-state index is 0.896. The van der Waals surface area contributed by atoms with Crippen LogP contribution in [0.25, 0.3) is 76.9 Å². The van der Waals surface area contributed by atoms with Gasteiger partial charge in [0.1, 0.15) is 11.3 Å². The van der Waals surface area contributed by atoms with Crippen molar-refractivity contribution in [1.29, 1.82) is 0 Å². The lowest BCUT2D eigenvalue weighted by molar-refractivity contribution is 0.632. The zero-order chi connectivity index (χ0) is 25.8. The van der Waals surface area contributed by atoms with Crippen molar-refractivity contribution in [2.75, 3.05) is 0 Å². The van der Waals surface area contributed by atoms with Crippen molar-refractivity contribution in [3.05, 3.63) is 146 Å². The Bertz CT molecular complexity index is 2100. The summed E-state index contributed by atoms with van der Waals surface area (Å²) in [5, 5.41) is 8.57. The maximum Gasteiger partial charge on any atom is 0.136 e. The molecule has 1 aromatic heterocycles. The first-order chi connectivity index (χ1) is 19.3. The third-order valence-electron chi connectivity index (χ3n) is 7.85. The second-order valence-electron chi connectivity index (χ2n) is 10.1. The molecule has 0 aliphatic carbocycles. The van der Waals surface area contributed by atoms with E-state index in [1.54, 1.807) is 0 Å². The molecule has 0 N–H and O–H groups in total. The molecule has 7 aromatic carbocycles. The third kappa shape index (κ3) is 3.48. The molecule has 0 unspecified atom stereocenters. The SMILES string of the molecule is c1ccc(-c2c3ccccc3c(-c3ccc4oc(-c5cccc6ccccc56)cc4c3)c3ccccc23)cc1. The molecule has 1 heterocycles. The minimum absolute atomic E-state index is 0.896. The molecular formula is C38H24O. The fourth-order valence-electron chi connectivity index (χ4n) is 6.13. The van der Waals surface area contributed by atoms with Gasteiger partial charge in [0.25, 0.3) is 0 Å². The van der Waals surface area contributed by atoms with Crippen LogP contribution >= 0.6 is 0 Å². The minimum Gasteiger partial charge on any atom is -0.456 e. The molecular weight excluding hydrogens is 472 g/mol. The fraction of sp³-hybridized carbons (Fsp3) is 0. The summed E-state index contributed by atoms with van der Waals surface area (Å²) >= 11 is 0. The van der Waals surface area contributed by atoms with E-state index in [0.717, 1.165) is 22.3 Å². The van der Waals surface area contributed by atoms with Gasteiger partial charge in [-0.25, -0.2) is 0 Å². The highest BCUT2D eigenvalue weighted by Gasteiger charge is 2.17. The normalized spacial score (nSPS) is 11.6. The van der Waals surface area contributed by atoms with E-state index >= 15 is 0 Å². The standard InChI is InChI=1S/C38H24O/c1-2-12-26(13-3-1)37-31-16-6-8-18-33(31)38(34-19-9-7-17-32(34)37)27-21-22-35-28(23-27)24-36(39-35)30-20-10-14-25-11-4-5-15-29(25)30/h1-24H. The van der Waals surface area contributed by atoms with Crippen molar-refractivity contribution in [2.24, 2.45) is 0 Å². The smallest absolute Gasteiger partial charge is 0.136 e. The van der Waals surface area contributed by atoms with Gasteiger partial charge in [-0.15, -0.1) is 0 Å². The van der Waals surface area contributed by atoms with Crippen LogP contribution in [-0.2, 0) is 0 Å². The van der Waals surface area contributed by atoms with Gasteiger partial charge < -0.3 is 4.42 Å². The summed E-state index contributed by atoms with van der Waals surface area (Å²) in [6.07, 6.45) is 0. The van der Waals surface area contributed by atoms with E-state index in [9.17, 15) is 0 Å². The van der Waals surface area contributed by atoms with Gasteiger partial charge >= 0.3 is 0 Å². The predicted molar refractivity (Wildman–Crippen MR) is 165 cm³/mol. The zero-order valence-corrected chi connectivity index (χ0v) is 21.3. The monoisotopic (exact) mass is 496 g/mol. The fourth-order valence-corrected chi connectivity index (χ4v) is 6.13. The van der Waals surface area contributed by atoms with Crippen molar-refractivity contribution in [3.63, 3.8) is 0 Å². The molecule has 0 saturated carbocycles. The van der Waals surface area contributed by atoms with Gasteiger partial charge in [0.2, 0.25) is 0 Å². The second kappa shape index (κ2) is 8.72. The molecule has 182 valence electrons. The lowest BCUT2D eigenvalue weighted by atomic mass is 9.86. The average molecular weight is 497 g/mol. The van der Waals surface area contributed by atoms with Crippen molar-refractivity contribution >= 4 is 43.3 Å². The molecule has 39 heavy (non-hydrogen) atoms. The molecule has 0 spiro atoms. The van der Waals surface area contributed by atoms with Crippen LogP contribution in [0.3, 0.4) is 0 Å². The number of hydrogen-bond donors (Lipinski definition) is 0. The molecule has 8 rings (SSSR count). The number of rotatable bonds is 3. The predicted octanol–water partition coefficient (Wildman–Crippen LogP) is 10.9. The van der Waals surface area contributed by atoms with Gasteiger partial charge in [-0.1, -0.05) is 127 Å². The Balaban J connectivity index is 1.38.